The molecule has 2 N–H and O–H groups in total. The first-order valence-corrected chi connectivity index (χ1v) is 5.92. The third-order valence-electron chi connectivity index (χ3n) is 2.51. The van der Waals surface area contributed by atoms with Gasteiger partial charge in [-0.1, -0.05) is 0 Å². The summed E-state index contributed by atoms with van der Waals surface area (Å²) in [5.41, 5.74) is 6.23. The van der Waals surface area contributed by atoms with E-state index in [0.29, 0.717) is 10.5 Å². The van der Waals surface area contributed by atoms with Crippen molar-refractivity contribution in [3.8, 4) is 10.6 Å². The number of fused-ring (bicyclic) bond motifs is 1. The van der Waals surface area contributed by atoms with E-state index in [1.54, 1.807) is 18.5 Å². The summed E-state index contributed by atoms with van der Waals surface area (Å²) < 4.78 is 27.7. The molecule has 6 heteroatoms. The topological polar surface area (TPSA) is 51.8 Å². The third kappa shape index (κ3) is 1.70. The molecule has 3 nitrogen and oxygen atoms in total. The molecule has 0 aliphatic carbocycles. The maximum absolute atomic E-state index is 13.7. The van der Waals surface area contributed by atoms with Crippen LogP contribution in [0.5, 0.6) is 0 Å². The van der Waals surface area contributed by atoms with Gasteiger partial charge in [-0.25, -0.2) is 13.8 Å². The van der Waals surface area contributed by atoms with Crippen molar-refractivity contribution in [1.82, 2.24) is 9.97 Å². The Bertz CT molecular complexity index is 706. The number of nitrogen functional groups attached to an aromatic ring is 1. The molecule has 0 amide bonds. The highest BCUT2D eigenvalue weighted by Gasteiger charge is 2.13. The van der Waals surface area contributed by atoms with Crippen molar-refractivity contribution in [2.75, 3.05) is 5.73 Å². The van der Waals surface area contributed by atoms with E-state index < -0.39 is 11.6 Å². The Morgan fingerprint density at radius 2 is 2.00 bits per heavy atom. The Morgan fingerprint density at radius 1 is 1.17 bits per heavy atom. The van der Waals surface area contributed by atoms with Crippen molar-refractivity contribution in [3.63, 3.8) is 0 Å². The predicted octanol–water partition coefficient (Wildman–Crippen LogP) is 3.22. The van der Waals surface area contributed by atoms with Crippen LogP contribution in [0.15, 0.2) is 30.6 Å². The van der Waals surface area contributed by atoms with E-state index in [-0.39, 0.29) is 11.3 Å². The highest BCUT2D eigenvalue weighted by molar-refractivity contribution is 7.21. The van der Waals surface area contributed by atoms with Gasteiger partial charge in [-0.3, -0.25) is 4.98 Å². The molecule has 1 aromatic carbocycles. The molecule has 0 saturated carbocycles. The molecule has 0 saturated heterocycles. The van der Waals surface area contributed by atoms with Gasteiger partial charge in [0.15, 0.2) is 0 Å². The van der Waals surface area contributed by atoms with E-state index in [2.05, 4.69) is 9.97 Å². The molecule has 0 radical (unpaired) electrons. The van der Waals surface area contributed by atoms with Crippen LogP contribution in [-0.4, -0.2) is 9.97 Å². The Balaban J connectivity index is 2.22. The van der Waals surface area contributed by atoms with Crippen molar-refractivity contribution in [2.45, 2.75) is 0 Å². The zero-order valence-corrected chi connectivity index (χ0v) is 9.84. The lowest BCUT2D eigenvalue weighted by Crippen LogP contribution is -1.94. The van der Waals surface area contributed by atoms with Gasteiger partial charge in [0.1, 0.15) is 22.2 Å². The van der Waals surface area contributed by atoms with Crippen molar-refractivity contribution in [2.24, 2.45) is 0 Å². The summed E-state index contributed by atoms with van der Waals surface area (Å²) in [5, 5.41) is 0.460. The Hall–Kier alpha value is -2.08. The van der Waals surface area contributed by atoms with E-state index in [1.807, 2.05) is 0 Å². The monoisotopic (exact) mass is 263 g/mol. The van der Waals surface area contributed by atoms with E-state index in [1.165, 1.54) is 17.4 Å². The molecule has 0 aliphatic rings. The molecule has 3 aromatic rings. The van der Waals surface area contributed by atoms with E-state index in [9.17, 15) is 8.78 Å². The zero-order chi connectivity index (χ0) is 12.7. The Morgan fingerprint density at radius 3 is 2.78 bits per heavy atom. The number of thiazole rings is 1. The molecule has 2 aromatic heterocycles. The van der Waals surface area contributed by atoms with Gasteiger partial charge in [0.25, 0.3) is 0 Å². The van der Waals surface area contributed by atoms with Gasteiger partial charge in [-0.05, 0) is 12.1 Å². The van der Waals surface area contributed by atoms with Gasteiger partial charge in [-0.2, -0.15) is 0 Å². The molecule has 90 valence electrons. The quantitative estimate of drug-likeness (QED) is 0.686. The summed E-state index contributed by atoms with van der Waals surface area (Å²) in [6, 6.07) is 3.83. The summed E-state index contributed by atoms with van der Waals surface area (Å²) in [5.74, 6) is -1.44. The fourth-order valence-electron chi connectivity index (χ4n) is 1.62. The van der Waals surface area contributed by atoms with Gasteiger partial charge in [0.05, 0.1) is 16.6 Å². The number of pyridine rings is 1. The van der Waals surface area contributed by atoms with Crippen molar-refractivity contribution in [3.05, 3.63) is 42.2 Å². The Kier molecular flexibility index (Phi) is 2.45. The number of anilines is 1. The number of hydrogen-bond donors (Lipinski definition) is 1. The van der Waals surface area contributed by atoms with Crippen LogP contribution in [0.1, 0.15) is 0 Å². The van der Waals surface area contributed by atoms with Crippen LogP contribution in [0.2, 0.25) is 0 Å². The predicted molar refractivity (Wildman–Crippen MR) is 67.2 cm³/mol. The van der Waals surface area contributed by atoms with E-state index >= 15 is 0 Å². The second kappa shape index (κ2) is 3.99. The number of nitrogens with two attached hydrogens (primary N) is 1. The average Bonchev–Trinajstić information content (AvgIpc) is 2.77. The number of benzene rings is 1. The maximum atomic E-state index is 13.7. The largest absolute Gasteiger partial charge is 0.396 e. The number of aromatic nitrogens is 2. The molecule has 2 heterocycles. The molecule has 0 spiro atoms. The van der Waals surface area contributed by atoms with E-state index in [4.69, 9.17) is 5.73 Å². The minimum Gasteiger partial charge on any atom is -0.396 e. The second-order valence-corrected chi connectivity index (χ2v) is 4.75. The van der Waals surface area contributed by atoms with Crippen LogP contribution in [-0.2, 0) is 0 Å². The minimum absolute atomic E-state index is 0.0937. The van der Waals surface area contributed by atoms with Gasteiger partial charge in [0, 0.05) is 17.8 Å². The molecule has 0 unspecified atom stereocenters. The van der Waals surface area contributed by atoms with Crippen LogP contribution in [0, 0.1) is 11.6 Å². The lowest BCUT2D eigenvalue weighted by Gasteiger charge is -2.01. The standard InChI is InChI=1S/C12H7F2N3S/c13-7-4-8(14)9(15)3-6(7)12-17-10-5-16-2-1-11(10)18-12/h1-5H,15H2. The smallest absolute Gasteiger partial charge is 0.149 e. The number of hydrogen-bond acceptors (Lipinski definition) is 4. The third-order valence-corrected chi connectivity index (χ3v) is 3.58. The summed E-state index contributed by atoms with van der Waals surface area (Å²) in [4.78, 5) is 8.19. The lowest BCUT2D eigenvalue weighted by atomic mass is 10.2. The van der Waals surface area contributed by atoms with Crippen LogP contribution >= 0.6 is 11.3 Å². The first-order valence-electron chi connectivity index (χ1n) is 5.10. The lowest BCUT2D eigenvalue weighted by molar-refractivity contribution is 0.588. The van der Waals surface area contributed by atoms with E-state index in [0.717, 1.165) is 10.8 Å². The normalized spacial score (nSPS) is 11.0. The van der Waals surface area contributed by atoms with Crippen LogP contribution < -0.4 is 5.73 Å². The van der Waals surface area contributed by atoms with Gasteiger partial charge in [0.2, 0.25) is 0 Å². The van der Waals surface area contributed by atoms with Crippen LogP contribution in [0.25, 0.3) is 20.8 Å². The number of halogens is 2. The summed E-state index contributed by atoms with van der Waals surface area (Å²) in [6.07, 6.45) is 3.24. The summed E-state index contributed by atoms with van der Waals surface area (Å²) in [6.45, 7) is 0. The number of nitrogens with zero attached hydrogens (tertiary/aromatic N) is 2. The molecule has 3 rings (SSSR count). The maximum Gasteiger partial charge on any atom is 0.149 e. The fraction of sp³-hybridized carbons (Fsp3) is 0. The van der Waals surface area contributed by atoms with Gasteiger partial charge < -0.3 is 5.73 Å². The van der Waals surface area contributed by atoms with Gasteiger partial charge in [-0.15, -0.1) is 11.3 Å². The molecular formula is C12H7F2N3S. The summed E-state index contributed by atoms with van der Waals surface area (Å²) >= 11 is 1.31. The van der Waals surface area contributed by atoms with Crippen LogP contribution in [0.3, 0.4) is 0 Å². The van der Waals surface area contributed by atoms with Crippen molar-refractivity contribution < 1.29 is 8.78 Å². The fourth-order valence-corrected chi connectivity index (χ4v) is 2.58. The average molecular weight is 263 g/mol. The molecule has 0 aliphatic heterocycles. The number of rotatable bonds is 1. The van der Waals surface area contributed by atoms with Crippen molar-refractivity contribution >= 4 is 27.2 Å². The SMILES string of the molecule is Nc1cc(-c2nc3cnccc3s2)c(F)cc1F. The molecular weight excluding hydrogens is 256 g/mol. The first kappa shape index (κ1) is 11.0. The zero-order valence-electron chi connectivity index (χ0n) is 9.02. The molecule has 0 bridgehead atoms. The van der Waals surface area contributed by atoms with Crippen molar-refractivity contribution in [1.29, 1.82) is 0 Å². The minimum atomic E-state index is -0.765. The summed E-state index contributed by atoms with van der Waals surface area (Å²) in [7, 11) is 0. The van der Waals surface area contributed by atoms with Crippen LogP contribution in [0.4, 0.5) is 14.5 Å². The molecule has 18 heavy (non-hydrogen) atoms. The second-order valence-electron chi connectivity index (χ2n) is 3.72. The molecule has 0 atom stereocenters. The Labute approximate surface area is 105 Å². The highest BCUT2D eigenvalue weighted by atomic mass is 32.1. The van der Waals surface area contributed by atoms with Gasteiger partial charge >= 0.3 is 0 Å². The highest BCUT2D eigenvalue weighted by Crippen LogP contribution is 2.32. The first-order chi connectivity index (χ1) is 8.65. The molecule has 0 fully saturated rings.